The Morgan fingerprint density at radius 1 is 1.22 bits per heavy atom. The van der Waals surface area contributed by atoms with Crippen LogP contribution >= 0.6 is 0 Å². The van der Waals surface area contributed by atoms with Crippen molar-refractivity contribution in [3.05, 3.63) is 64.7 Å². The van der Waals surface area contributed by atoms with E-state index in [9.17, 15) is 4.79 Å². The van der Waals surface area contributed by atoms with E-state index in [0.29, 0.717) is 25.5 Å². The van der Waals surface area contributed by atoms with Gasteiger partial charge in [0.15, 0.2) is 0 Å². The number of aryl methyl sites for hydroxylation is 1. The molecule has 4 N–H and O–H groups in total. The van der Waals surface area contributed by atoms with Gasteiger partial charge in [-0.3, -0.25) is 10.2 Å². The van der Waals surface area contributed by atoms with Crippen LogP contribution < -0.4 is 11.1 Å². The van der Waals surface area contributed by atoms with Crippen molar-refractivity contribution >= 4 is 17.5 Å². The van der Waals surface area contributed by atoms with Gasteiger partial charge in [-0.05, 0) is 60.9 Å². The number of benzene rings is 2. The van der Waals surface area contributed by atoms with Crippen molar-refractivity contribution in [2.45, 2.75) is 39.2 Å². The van der Waals surface area contributed by atoms with E-state index in [1.54, 1.807) is 0 Å². The molecule has 0 heterocycles. The van der Waals surface area contributed by atoms with Crippen LogP contribution in [0.5, 0.6) is 0 Å². The summed E-state index contributed by atoms with van der Waals surface area (Å²) in [5.74, 6) is 0.363. The number of ether oxygens (including phenoxy) is 1. The zero-order chi connectivity index (χ0) is 19.2. The van der Waals surface area contributed by atoms with Crippen LogP contribution in [0.3, 0.4) is 0 Å². The summed E-state index contributed by atoms with van der Waals surface area (Å²) in [6.07, 6.45) is 3.50. The third-order valence-electron chi connectivity index (χ3n) is 5.06. The molecule has 0 amide bonds. The van der Waals surface area contributed by atoms with E-state index < -0.39 is 0 Å². The Balaban J connectivity index is 1.60. The zero-order valence-electron chi connectivity index (χ0n) is 15.8. The SMILES string of the molecule is CCOC(=O)CC1CCc2ccc(NCc3ccc(C(=N)N)cc3)cc2C1. The highest BCUT2D eigenvalue weighted by molar-refractivity contribution is 5.94. The van der Waals surface area contributed by atoms with Gasteiger partial charge in [0.1, 0.15) is 5.84 Å². The number of anilines is 1. The first-order valence-corrected chi connectivity index (χ1v) is 9.49. The van der Waals surface area contributed by atoms with Gasteiger partial charge in [-0.2, -0.15) is 0 Å². The minimum atomic E-state index is -0.0887. The van der Waals surface area contributed by atoms with Gasteiger partial charge in [0, 0.05) is 24.2 Å². The molecule has 27 heavy (non-hydrogen) atoms. The van der Waals surface area contributed by atoms with Gasteiger partial charge < -0.3 is 15.8 Å². The van der Waals surface area contributed by atoms with Crippen molar-refractivity contribution in [3.8, 4) is 0 Å². The van der Waals surface area contributed by atoms with E-state index in [4.69, 9.17) is 15.9 Å². The molecule has 0 saturated carbocycles. The second kappa shape index (κ2) is 8.71. The molecule has 0 spiro atoms. The standard InChI is InChI=1S/C22H27N3O2/c1-2-27-21(26)12-16-5-6-17-9-10-20(13-19(17)11-16)25-14-15-3-7-18(8-4-15)22(23)24/h3-4,7-10,13,16,25H,2,5-6,11-12,14H2,1H3,(H3,23,24). The number of nitrogen functional groups attached to an aromatic ring is 1. The number of hydrogen-bond acceptors (Lipinski definition) is 4. The molecule has 2 aromatic carbocycles. The number of fused-ring (bicyclic) bond motifs is 1. The lowest BCUT2D eigenvalue weighted by Crippen LogP contribution is -2.19. The van der Waals surface area contributed by atoms with E-state index >= 15 is 0 Å². The molecule has 0 aromatic heterocycles. The Morgan fingerprint density at radius 3 is 2.70 bits per heavy atom. The first-order chi connectivity index (χ1) is 13.0. The molecule has 1 aliphatic rings. The first-order valence-electron chi connectivity index (χ1n) is 9.49. The fourth-order valence-corrected chi connectivity index (χ4v) is 3.58. The molecule has 1 aliphatic carbocycles. The highest BCUT2D eigenvalue weighted by Crippen LogP contribution is 2.30. The maximum atomic E-state index is 11.8. The zero-order valence-corrected chi connectivity index (χ0v) is 15.8. The number of rotatable bonds is 7. The van der Waals surface area contributed by atoms with E-state index in [0.717, 1.165) is 36.1 Å². The summed E-state index contributed by atoms with van der Waals surface area (Å²) in [5, 5.41) is 10.9. The molecule has 1 atom stereocenters. The van der Waals surface area contributed by atoms with Gasteiger partial charge in [0.05, 0.1) is 6.61 Å². The van der Waals surface area contributed by atoms with E-state index in [2.05, 4.69) is 23.5 Å². The summed E-state index contributed by atoms with van der Waals surface area (Å²) in [6.45, 7) is 3.01. The molecule has 0 fully saturated rings. The molecule has 0 aliphatic heterocycles. The fourth-order valence-electron chi connectivity index (χ4n) is 3.58. The Labute approximate surface area is 160 Å². The summed E-state index contributed by atoms with van der Waals surface area (Å²) in [6, 6.07) is 14.2. The predicted molar refractivity (Wildman–Crippen MR) is 108 cm³/mol. The predicted octanol–water partition coefficient (Wildman–Crippen LogP) is 3.64. The number of carbonyl (C=O) groups is 1. The molecule has 1 unspecified atom stereocenters. The summed E-state index contributed by atoms with van der Waals surface area (Å²) < 4.78 is 5.09. The lowest BCUT2D eigenvalue weighted by atomic mass is 9.82. The molecule has 0 radical (unpaired) electrons. The van der Waals surface area contributed by atoms with Gasteiger partial charge in [-0.1, -0.05) is 30.3 Å². The van der Waals surface area contributed by atoms with Crippen LogP contribution in [0.15, 0.2) is 42.5 Å². The monoisotopic (exact) mass is 365 g/mol. The molecule has 5 heteroatoms. The van der Waals surface area contributed by atoms with Gasteiger partial charge in [0.2, 0.25) is 0 Å². The van der Waals surface area contributed by atoms with Crippen LogP contribution in [0.1, 0.15) is 42.0 Å². The van der Waals surface area contributed by atoms with Crippen LogP contribution in [0, 0.1) is 11.3 Å². The van der Waals surface area contributed by atoms with Gasteiger partial charge in [-0.15, -0.1) is 0 Å². The Morgan fingerprint density at radius 2 is 2.00 bits per heavy atom. The van der Waals surface area contributed by atoms with Crippen LogP contribution in [0.25, 0.3) is 0 Å². The van der Waals surface area contributed by atoms with Crippen molar-refractivity contribution < 1.29 is 9.53 Å². The lowest BCUT2D eigenvalue weighted by molar-refractivity contribution is -0.144. The number of nitrogens with two attached hydrogens (primary N) is 1. The van der Waals surface area contributed by atoms with Crippen molar-refractivity contribution in [2.75, 3.05) is 11.9 Å². The second-order valence-electron chi connectivity index (χ2n) is 7.07. The average molecular weight is 365 g/mol. The minimum absolute atomic E-state index is 0.0848. The van der Waals surface area contributed by atoms with Crippen LogP contribution in [-0.4, -0.2) is 18.4 Å². The Hall–Kier alpha value is -2.82. The Kier molecular flexibility index (Phi) is 6.12. The Bertz CT molecular complexity index is 815. The molecule has 0 saturated heterocycles. The van der Waals surface area contributed by atoms with Gasteiger partial charge >= 0.3 is 5.97 Å². The molecule has 2 aromatic rings. The molecule has 0 bridgehead atoms. The number of nitrogens with one attached hydrogen (secondary N) is 2. The molecule has 142 valence electrons. The van der Waals surface area contributed by atoms with Crippen molar-refractivity contribution in [3.63, 3.8) is 0 Å². The van der Waals surface area contributed by atoms with Crippen molar-refractivity contribution in [1.82, 2.24) is 0 Å². The minimum Gasteiger partial charge on any atom is -0.466 e. The third-order valence-corrected chi connectivity index (χ3v) is 5.06. The largest absolute Gasteiger partial charge is 0.466 e. The van der Waals surface area contributed by atoms with E-state index in [1.807, 2.05) is 31.2 Å². The topological polar surface area (TPSA) is 88.2 Å². The molecular weight excluding hydrogens is 338 g/mol. The van der Waals surface area contributed by atoms with Crippen molar-refractivity contribution in [1.29, 1.82) is 5.41 Å². The lowest BCUT2D eigenvalue weighted by Gasteiger charge is -2.24. The maximum Gasteiger partial charge on any atom is 0.306 e. The van der Waals surface area contributed by atoms with E-state index in [-0.39, 0.29) is 11.8 Å². The fraction of sp³-hybridized carbons (Fsp3) is 0.364. The van der Waals surface area contributed by atoms with E-state index in [1.165, 1.54) is 11.1 Å². The van der Waals surface area contributed by atoms with Crippen LogP contribution in [0.4, 0.5) is 5.69 Å². The third kappa shape index (κ3) is 5.09. The maximum absolute atomic E-state index is 11.8. The quantitative estimate of drug-likeness (QED) is 0.397. The molecular formula is C22H27N3O2. The summed E-state index contributed by atoms with van der Waals surface area (Å²) in [4.78, 5) is 11.8. The summed E-state index contributed by atoms with van der Waals surface area (Å²) in [5.41, 5.74) is 11.2. The van der Waals surface area contributed by atoms with Crippen molar-refractivity contribution in [2.24, 2.45) is 11.7 Å². The number of hydrogen-bond donors (Lipinski definition) is 3. The highest BCUT2D eigenvalue weighted by Gasteiger charge is 2.21. The first kappa shape index (κ1) is 19.0. The van der Waals surface area contributed by atoms with Crippen LogP contribution in [-0.2, 0) is 28.9 Å². The normalized spacial score (nSPS) is 15.7. The van der Waals surface area contributed by atoms with Gasteiger partial charge in [0.25, 0.3) is 0 Å². The summed E-state index contributed by atoms with van der Waals surface area (Å²) in [7, 11) is 0. The van der Waals surface area contributed by atoms with Crippen LogP contribution in [0.2, 0.25) is 0 Å². The molecule has 5 nitrogen and oxygen atoms in total. The van der Waals surface area contributed by atoms with Gasteiger partial charge in [-0.25, -0.2) is 0 Å². The average Bonchev–Trinajstić information content (AvgIpc) is 2.66. The summed E-state index contributed by atoms with van der Waals surface area (Å²) >= 11 is 0. The molecule has 3 rings (SSSR count). The highest BCUT2D eigenvalue weighted by atomic mass is 16.5. The second-order valence-corrected chi connectivity index (χ2v) is 7.07. The number of carbonyl (C=O) groups excluding carboxylic acids is 1. The number of esters is 1. The smallest absolute Gasteiger partial charge is 0.306 e. The number of amidine groups is 1.